The largest absolute Gasteiger partial charge is 0.481 e. The zero-order valence-electron chi connectivity index (χ0n) is 18.4. The summed E-state index contributed by atoms with van der Waals surface area (Å²) in [5.74, 6) is 5.72. The van der Waals surface area contributed by atoms with Gasteiger partial charge in [0.25, 0.3) is 0 Å². The molecular weight excluding hydrogens is 398 g/mol. The van der Waals surface area contributed by atoms with Crippen molar-refractivity contribution in [3.8, 4) is 11.8 Å². The van der Waals surface area contributed by atoms with Gasteiger partial charge in [-0.1, -0.05) is 38.8 Å². The molecule has 4 nitrogen and oxygen atoms in total. The Morgan fingerprint density at radius 3 is 2.53 bits per heavy atom. The van der Waals surface area contributed by atoms with Crippen LogP contribution in [0.1, 0.15) is 75.3 Å². The molecule has 0 aliphatic rings. The Bertz CT molecular complexity index is 962. The van der Waals surface area contributed by atoms with Crippen molar-refractivity contribution in [2.75, 3.05) is 0 Å². The second-order valence-electron chi connectivity index (χ2n) is 8.41. The van der Waals surface area contributed by atoms with E-state index in [4.69, 9.17) is 16.7 Å². The molecule has 0 saturated carbocycles. The van der Waals surface area contributed by atoms with Gasteiger partial charge in [-0.2, -0.15) is 0 Å². The highest BCUT2D eigenvalue weighted by molar-refractivity contribution is 6.31. The van der Waals surface area contributed by atoms with Gasteiger partial charge in [0.15, 0.2) is 5.78 Å². The lowest BCUT2D eigenvalue weighted by Crippen LogP contribution is -2.12. The van der Waals surface area contributed by atoms with Crippen molar-refractivity contribution < 1.29 is 14.7 Å². The summed E-state index contributed by atoms with van der Waals surface area (Å²) in [6.45, 7) is 5.99. The first-order valence-corrected chi connectivity index (χ1v) is 11.1. The highest BCUT2D eigenvalue weighted by Crippen LogP contribution is 2.31. The van der Waals surface area contributed by atoms with Crippen LogP contribution in [0, 0.1) is 23.7 Å². The Hall–Kier alpha value is -2.25. The highest BCUT2D eigenvalue weighted by Gasteiger charge is 2.23. The monoisotopic (exact) mass is 429 g/mol. The average molecular weight is 430 g/mol. The SMILES string of the molecule is CC(C)C#CCCCCCc1c(C(=O)C[C@H](C)CC(=O)O)c2cc(Cl)ccc2n1C. The molecule has 1 aromatic heterocycles. The number of ketones is 1. The molecule has 1 aromatic carbocycles. The number of carbonyl (C=O) groups is 2. The van der Waals surface area contributed by atoms with Crippen molar-refractivity contribution in [3.05, 3.63) is 34.5 Å². The van der Waals surface area contributed by atoms with Gasteiger partial charge in [0.2, 0.25) is 0 Å². The van der Waals surface area contributed by atoms with E-state index >= 15 is 0 Å². The summed E-state index contributed by atoms with van der Waals surface area (Å²) in [7, 11) is 1.98. The van der Waals surface area contributed by atoms with E-state index in [-0.39, 0.29) is 24.5 Å². The molecule has 1 atom stereocenters. The molecule has 0 unspecified atom stereocenters. The lowest BCUT2D eigenvalue weighted by Gasteiger charge is -2.10. The Labute approximate surface area is 184 Å². The third-order valence-electron chi connectivity index (χ3n) is 5.22. The summed E-state index contributed by atoms with van der Waals surface area (Å²) >= 11 is 6.22. The van der Waals surface area contributed by atoms with Crippen molar-refractivity contribution in [2.45, 2.75) is 65.7 Å². The maximum atomic E-state index is 13.2. The number of hydrogen-bond acceptors (Lipinski definition) is 2. The molecule has 0 spiro atoms. The Morgan fingerprint density at radius 2 is 1.87 bits per heavy atom. The van der Waals surface area contributed by atoms with Crippen LogP contribution in [0.25, 0.3) is 10.9 Å². The number of carbonyl (C=O) groups excluding carboxylic acids is 1. The molecule has 0 amide bonds. The summed E-state index contributed by atoms with van der Waals surface area (Å²) in [4.78, 5) is 24.2. The third kappa shape index (κ3) is 6.64. The van der Waals surface area contributed by atoms with Crippen LogP contribution in [-0.2, 0) is 18.3 Å². The maximum Gasteiger partial charge on any atom is 0.303 e. The minimum Gasteiger partial charge on any atom is -0.481 e. The van der Waals surface area contributed by atoms with E-state index in [0.717, 1.165) is 48.7 Å². The lowest BCUT2D eigenvalue weighted by atomic mass is 9.94. The fourth-order valence-corrected chi connectivity index (χ4v) is 3.99. The first kappa shape index (κ1) is 24.0. The van der Waals surface area contributed by atoms with Crippen molar-refractivity contribution in [2.24, 2.45) is 18.9 Å². The van der Waals surface area contributed by atoms with E-state index < -0.39 is 5.97 Å². The number of aryl methyl sites for hydroxylation is 1. The molecular formula is C25H32ClNO3. The first-order chi connectivity index (χ1) is 14.2. The standard InChI is InChI=1S/C25H32ClNO3/c1-17(2)10-8-6-5-7-9-11-22-25(23(28)14-18(3)15-24(29)30)20-16-19(26)12-13-21(20)27(22)4/h12-13,16-18H,5-7,9,11,14-15H2,1-4H3,(H,29,30)/t18-/m0/s1. The van der Waals surface area contributed by atoms with E-state index in [0.29, 0.717) is 16.5 Å². The van der Waals surface area contributed by atoms with Gasteiger partial charge in [0.1, 0.15) is 0 Å². The summed E-state index contributed by atoms with van der Waals surface area (Å²) in [5.41, 5.74) is 2.69. The number of benzene rings is 1. The van der Waals surface area contributed by atoms with Crippen LogP contribution in [0.3, 0.4) is 0 Å². The van der Waals surface area contributed by atoms with Gasteiger partial charge >= 0.3 is 5.97 Å². The minimum atomic E-state index is -0.878. The van der Waals surface area contributed by atoms with Gasteiger partial charge in [-0.15, -0.1) is 11.8 Å². The maximum absolute atomic E-state index is 13.2. The van der Waals surface area contributed by atoms with Crippen molar-refractivity contribution in [1.82, 2.24) is 4.57 Å². The van der Waals surface area contributed by atoms with E-state index in [1.807, 2.05) is 32.2 Å². The molecule has 0 radical (unpaired) electrons. The molecule has 0 saturated heterocycles. The van der Waals surface area contributed by atoms with E-state index in [1.54, 1.807) is 0 Å². The zero-order chi connectivity index (χ0) is 22.3. The molecule has 5 heteroatoms. The van der Waals surface area contributed by atoms with Crippen molar-refractivity contribution >= 4 is 34.3 Å². The van der Waals surface area contributed by atoms with Gasteiger partial charge in [0.05, 0.1) is 0 Å². The van der Waals surface area contributed by atoms with Crippen molar-refractivity contribution in [3.63, 3.8) is 0 Å². The average Bonchev–Trinajstić information content (AvgIpc) is 2.91. The number of unbranched alkanes of at least 4 members (excludes halogenated alkanes) is 3. The second kappa shape index (κ2) is 11.2. The number of rotatable bonds is 10. The number of nitrogens with zero attached hydrogens (tertiary/aromatic N) is 1. The second-order valence-corrected chi connectivity index (χ2v) is 8.85. The summed E-state index contributed by atoms with van der Waals surface area (Å²) in [5, 5.41) is 10.5. The summed E-state index contributed by atoms with van der Waals surface area (Å²) in [6.07, 6.45) is 4.99. The number of Topliss-reactive ketones (excluding diaryl/α,β-unsaturated/α-hetero) is 1. The number of carboxylic acids is 1. The van der Waals surface area contributed by atoms with Crippen LogP contribution < -0.4 is 0 Å². The molecule has 0 aliphatic heterocycles. The predicted octanol–water partition coefficient (Wildman–Crippen LogP) is 6.28. The van der Waals surface area contributed by atoms with Crippen LogP contribution in [0.4, 0.5) is 0 Å². The molecule has 1 heterocycles. The van der Waals surface area contributed by atoms with Crippen LogP contribution in [-0.4, -0.2) is 21.4 Å². The summed E-state index contributed by atoms with van der Waals surface area (Å²) < 4.78 is 2.08. The quantitative estimate of drug-likeness (QED) is 0.274. The lowest BCUT2D eigenvalue weighted by molar-refractivity contribution is -0.137. The van der Waals surface area contributed by atoms with Crippen molar-refractivity contribution in [1.29, 1.82) is 0 Å². The number of hydrogen-bond donors (Lipinski definition) is 1. The fraction of sp³-hybridized carbons (Fsp3) is 0.520. The van der Waals surface area contributed by atoms with Gasteiger partial charge in [-0.3, -0.25) is 9.59 Å². The predicted molar refractivity (Wildman–Crippen MR) is 123 cm³/mol. The first-order valence-electron chi connectivity index (χ1n) is 10.7. The van der Waals surface area contributed by atoms with E-state index in [2.05, 4.69) is 30.3 Å². The van der Waals surface area contributed by atoms with Crippen LogP contribution in [0.5, 0.6) is 0 Å². The molecule has 0 aliphatic carbocycles. The molecule has 2 aromatic rings. The molecule has 162 valence electrons. The highest BCUT2D eigenvalue weighted by atomic mass is 35.5. The van der Waals surface area contributed by atoms with Crippen LogP contribution >= 0.6 is 11.6 Å². The number of aromatic nitrogens is 1. The fourth-order valence-electron chi connectivity index (χ4n) is 3.82. The molecule has 30 heavy (non-hydrogen) atoms. The van der Waals surface area contributed by atoms with Crippen LogP contribution in [0.15, 0.2) is 18.2 Å². The van der Waals surface area contributed by atoms with E-state index in [9.17, 15) is 9.59 Å². The Balaban J connectivity index is 2.20. The molecule has 0 bridgehead atoms. The smallest absolute Gasteiger partial charge is 0.303 e. The molecule has 2 rings (SSSR count). The number of carboxylic acid groups (broad SMARTS) is 1. The van der Waals surface area contributed by atoms with E-state index in [1.165, 1.54) is 0 Å². The van der Waals surface area contributed by atoms with Crippen LogP contribution in [0.2, 0.25) is 5.02 Å². The zero-order valence-corrected chi connectivity index (χ0v) is 19.2. The van der Waals surface area contributed by atoms with Gasteiger partial charge in [-0.25, -0.2) is 0 Å². The number of halogens is 1. The molecule has 0 fully saturated rings. The Morgan fingerprint density at radius 1 is 1.13 bits per heavy atom. The van der Waals surface area contributed by atoms with Gasteiger partial charge in [0, 0.05) is 59.4 Å². The summed E-state index contributed by atoms with van der Waals surface area (Å²) in [6, 6.07) is 5.62. The third-order valence-corrected chi connectivity index (χ3v) is 5.46. The Kier molecular flexibility index (Phi) is 8.99. The minimum absolute atomic E-state index is 0.00517. The van der Waals surface area contributed by atoms with Gasteiger partial charge in [-0.05, 0) is 43.4 Å². The molecule has 1 N–H and O–H groups in total. The number of aliphatic carboxylic acids is 1. The normalized spacial score (nSPS) is 12.1. The van der Waals surface area contributed by atoms with Gasteiger partial charge < -0.3 is 9.67 Å². The topological polar surface area (TPSA) is 59.3 Å². The number of fused-ring (bicyclic) bond motifs is 1.